The summed E-state index contributed by atoms with van der Waals surface area (Å²) in [6, 6.07) is 5.35. The first-order valence-electron chi connectivity index (χ1n) is 7.10. The van der Waals surface area contributed by atoms with Crippen LogP contribution >= 0.6 is 0 Å². The van der Waals surface area contributed by atoms with Gasteiger partial charge < -0.3 is 14.4 Å². The van der Waals surface area contributed by atoms with E-state index in [0.717, 1.165) is 18.8 Å². The second-order valence-corrected chi connectivity index (χ2v) is 5.48. The van der Waals surface area contributed by atoms with Gasteiger partial charge in [-0.1, -0.05) is 0 Å². The number of nitrogens with zero attached hydrogens (tertiary/aromatic N) is 1. The summed E-state index contributed by atoms with van der Waals surface area (Å²) in [6.07, 6.45) is 2.34. The summed E-state index contributed by atoms with van der Waals surface area (Å²) >= 11 is 0. The molecule has 0 saturated carbocycles. The fourth-order valence-corrected chi connectivity index (χ4v) is 2.44. The van der Waals surface area contributed by atoms with Crippen molar-refractivity contribution in [3.63, 3.8) is 0 Å². The minimum Gasteiger partial charge on any atom is -0.493 e. The van der Waals surface area contributed by atoms with E-state index < -0.39 is 0 Å². The summed E-state index contributed by atoms with van der Waals surface area (Å²) < 4.78 is 11.2. The Morgan fingerprint density at radius 3 is 2.60 bits per heavy atom. The van der Waals surface area contributed by atoms with Crippen LogP contribution in [0.15, 0.2) is 18.2 Å². The van der Waals surface area contributed by atoms with Gasteiger partial charge >= 0.3 is 0 Å². The van der Waals surface area contributed by atoms with Crippen molar-refractivity contribution in [2.45, 2.75) is 19.8 Å². The lowest BCUT2D eigenvalue weighted by Gasteiger charge is -2.28. The molecule has 110 valence electrons. The third kappa shape index (κ3) is 3.73. The van der Waals surface area contributed by atoms with E-state index in [1.807, 2.05) is 6.07 Å². The molecular formula is C16H23NO3. The van der Waals surface area contributed by atoms with Crippen LogP contribution in [-0.4, -0.2) is 44.5 Å². The summed E-state index contributed by atoms with van der Waals surface area (Å²) in [5, 5.41) is 0. The number of hydrogen-bond acceptors (Lipinski definition) is 4. The molecule has 1 heterocycles. The maximum Gasteiger partial charge on any atom is 0.161 e. The first-order valence-corrected chi connectivity index (χ1v) is 7.10. The standard InChI is InChI=1S/C16H23NO3/c1-12(18)14-4-5-15(16(10-14)19-3)20-11-13-6-8-17(2)9-7-13/h4-5,10,13H,6-9,11H2,1-3H3. The zero-order valence-corrected chi connectivity index (χ0v) is 12.5. The minimum atomic E-state index is 0.0326. The van der Waals surface area contributed by atoms with E-state index in [0.29, 0.717) is 23.8 Å². The van der Waals surface area contributed by atoms with Crippen LogP contribution in [0.5, 0.6) is 11.5 Å². The number of rotatable bonds is 5. The first kappa shape index (κ1) is 14.9. The maximum absolute atomic E-state index is 11.4. The van der Waals surface area contributed by atoms with E-state index in [-0.39, 0.29) is 5.78 Å². The number of Topliss-reactive ketones (excluding diaryl/α,β-unsaturated/α-hetero) is 1. The van der Waals surface area contributed by atoms with Crippen LogP contribution < -0.4 is 9.47 Å². The second kappa shape index (κ2) is 6.75. The lowest BCUT2D eigenvalue weighted by Crippen LogP contribution is -2.32. The van der Waals surface area contributed by atoms with Gasteiger partial charge in [-0.2, -0.15) is 0 Å². The highest BCUT2D eigenvalue weighted by atomic mass is 16.5. The van der Waals surface area contributed by atoms with Gasteiger partial charge in [0, 0.05) is 5.56 Å². The van der Waals surface area contributed by atoms with Crippen LogP contribution in [0.1, 0.15) is 30.1 Å². The summed E-state index contributed by atoms with van der Waals surface area (Å²) in [7, 11) is 3.75. The van der Waals surface area contributed by atoms with E-state index in [1.165, 1.54) is 12.8 Å². The SMILES string of the molecule is COc1cc(C(C)=O)ccc1OCC1CCN(C)CC1. The highest BCUT2D eigenvalue weighted by Crippen LogP contribution is 2.29. The predicted molar refractivity (Wildman–Crippen MR) is 78.7 cm³/mol. The number of ether oxygens (including phenoxy) is 2. The van der Waals surface area contributed by atoms with E-state index in [1.54, 1.807) is 26.2 Å². The fraction of sp³-hybridized carbons (Fsp3) is 0.562. The Bertz CT molecular complexity index is 465. The molecule has 0 N–H and O–H groups in total. The van der Waals surface area contributed by atoms with Crippen molar-refractivity contribution in [3.8, 4) is 11.5 Å². The molecule has 20 heavy (non-hydrogen) atoms. The van der Waals surface area contributed by atoms with Gasteiger partial charge in [-0.15, -0.1) is 0 Å². The largest absolute Gasteiger partial charge is 0.493 e. The molecule has 1 aliphatic heterocycles. The summed E-state index contributed by atoms with van der Waals surface area (Å²) in [5.74, 6) is 1.98. The number of hydrogen-bond donors (Lipinski definition) is 0. The molecule has 1 aromatic rings. The molecule has 0 unspecified atom stereocenters. The molecule has 0 amide bonds. The Kier molecular flexibility index (Phi) is 5.01. The van der Waals surface area contributed by atoms with Gasteiger partial charge in [0.05, 0.1) is 13.7 Å². The average molecular weight is 277 g/mol. The minimum absolute atomic E-state index is 0.0326. The van der Waals surface area contributed by atoms with Gasteiger partial charge in [0.15, 0.2) is 17.3 Å². The molecule has 4 nitrogen and oxygen atoms in total. The first-order chi connectivity index (χ1) is 9.60. The van der Waals surface area contributed by atoms with E-state index >= 15 is 0 Å². The monoisotopic (exact) mass is 277 g/mol. The summed E-state index contributed by atoms with van der Waals surface area (Å²) in [4.78, 5) is 13.7. The van der Waals surface area contributed by atoms with Gasteiger partial charge in [0.2, 0.25) is 0 Å². The molecule has 1 fully saturated rings. The highest BCUT2D eigenvalue weighted by molar-refractivity contribution is 5.94. The Balaban J connectivity index is 1.97. The number of methoxy groups -OCH3 is 1. The van der Waals surface area contributed by atoms with Crippen LogP contribution in [0.2, 0.25) is 0 Å². The molecule has 1 saturated heterocycles. The molecule has 0 spiro atoms. The molecule has 0 aliphatic carbocycles. The van der Waals surface area contributed by atoms with Gasteiger partial charge in [-0.25, -0.2) is 0 Å². The molecule has 0 bridgehead atoms. The third-order valence-corrected chi connectivity index (χ3v) is 3.88. The van der Waals surface area contributed by atoms with Gasteiger partial charge in [-0.3, -0.25) is 4.79 Å². The van der Waals surface area contributed by atoms with Crippen molar-refractivity contribution in [3.05, 3.63) is 23.8 Å². The zero-order chi connectivity index (χ0) is 14.5. The Labute approximate surface area is 120 Å². The van der Waals surface area contributed by atoms with Crippen LogP contribution in [0.4, 0.5) is 0 Å². The Morgan fingerprint density at radius 1 is 1.30 bits per heavy atom. The smallest absolute Gasteiger partial charge is 0.161 e. The zero-order valence-electron chi connectivity index (χ0n) is 12.5. The van der Waals surface area contributed by atoms with Gasteiger partial charge in [0.25, 0.3) is 0 Å². The molecule has 2 rings (SSSR count). The molecule has 0 radical (unpaired) electrons. The fourth-order valence-electron chi connectivity index (χ4n) is 2.44. The normalized spacial score (nSPS) is 16.9. The molecule has 0 aromatic heterocycles. The van der Waals surface area contributed by atoms with Crippen LogP contribution in [0.3, 0.4) is 0 Å². The Morgan fingerprint density at radius 2 is 2.00 bits per heavy atom. The van der Waals surface area contributed by atoms with Crippen molar-refractivity contribution in [2.75, 3.05) is 33.9 Å². The molecule has 1 aliphatic rings. The average Bonchev–Trinajstić information content (AvgIpc) is 2.46. The van der Waals surface area contributed by atoms with E-state index in [4.69, 9.17) is 9.47 Å². The molecule has 4 heteroatoms. The molecule has 1 aromatic carbocycles. The van der Waals surface area contributed by atoms with Crippen molar-refractivity contribution in [1.29, 1.82) is 0 Å². The third-order valence-electron chi connectivity index (χ3n) is 3.88. The quantitative estimate of drug-likeness (QED) is 0.776. The Hall–Kier alpha value is -1.55. The van der Waals surface area contributed by atoms with Crippen LogP contribution in [-0.2, 0) is 0 Å². The van der Waals surface area contributed by atoms with Crippen molar-refractivity contribution in [1.82, 2.24) is 4.90 Å². The van der Waals surface area contributed by atoms with Crippen molar-refractivity contribution in [2.24, 2.45) is 5.92 Å². The second-order valence-electron chi connectivity index (χ2n) is 5.48. The van der Waals surface area contributed by atoms with Gasteiger partial charge in [0.1, 0.15) is 0 Å². The molecular weight excluding hydrogens is 254 g/mol. The lowest BCUT2D eigenvalue weighted by atomic mass is 9.98. The number of benzene rings is 1. The van der Waals surface area contributed by atoms with Gasteiger partial charge in [-0.05, 0) is 64.0 Å². The number of carbonyl (C=O) groups excluding carboxylic acids is 1. The topological polar surface area (TPSA) is 38.8 Å². The number of piperidine rings is 1. The number of carbonyl (C=O) groups is 1. The predicted octanol–water partition coefficient (Wildman–Crippen LogP) is 2.62. The number of likely N-dealkylation sites (tertiary alicyclic amines) is 1. The van der Waals surface area contributed by atoms with E-state index in [9.17, 15) is 4.79 Å². The summed E-state index contributed by atoms with van der Waals surface area (Å²) in [5.41, 5.74) is 0.647. The van der Waals surface area contributed by atoms with E-state index in [2.05, 4.69) is 11.9 Å². The maximum atomic E-state index is 11.4. The van der Waals surface area contributed by atoms with Crippen molar-refractivity contribution >= 4 is 5.78 Å². The van der Waals surface area contributed by atoms with Crippen LogP contribution in [0.25, 0.3) is 0 Å². The summed E-state index contributed by atoms with van der Waals surface area (Å²) in [6.45, 7) is 4.53. The lowest BCUT2D eigenvalue weighted by molar-refractivity contribution is 0.101. The highest BCUT2D eigenvalue weighted by Gasteiger charge is 2.18. The van der Waals surface area contributed by atoms with Crippen molar-refractivity contribution < 1.29 is 14.3 Å². The number of ketones is 1. The molecule has 0 atom stereocenters. The van der Waals surface area contributed by atoms with Crippen LogP contribution in [0, 0.1) is 5.92 Å².